The number of rotatable bonds is 13. The minimum Gasteiger partial charge on any atom is -0.507 e. The number of phenolic OH excluding ortho intramolecular Hbond substituents is 1. The van der Waals surface area contributed by atoms with E-state index in [-0.39, 0.29) is 5.60 Å². The van der Waals surface area contributed by atoms with Gasteiger partial charge in [-0.25, -0.2) is 0 Å². The van der Waals surface area contributed by atoms with Gasteiger partial charge in [0.15, 0.2) is 0 Å². The van der Waals surface area contributed by atoms with Crippen molar-refractivity contribution in [2.75, 3.05) is 6.61 Å². The van der Waals surface area contributed by atoms with Gasteiger partial charge in [-0.05, 0) is 94.2 Å². The van der Waals surface area contributed by atoms with E-state index in [4.69, 9.17) is 9.84 Å². The first-order valence-electron chi connectivity index (χ1n) is 14.6. The lowest BCUT2D eigenvalue weighted by Crippen LogP contribution is -2.37. The average Bonchev–Trinajstić information content (AvgIpc) is 2.81. The molecule has 1 aromatic rings. The fourth-order valence-corrected chi connectivity index (χ4v) is 5.27. The maximum atomic E-state index is 10.4. The number of aromatic hydroxyl groups is 1. The summed E-state index contributed by atoms with van der Waals surface area (Å²) in [6.45, 7) is 20.2. The number of benzene rings is 1. The van der Waals surface area contributed by atoms with E-state index in [1.54, 1.807) is 0 Å². The molecule has 0 amide bonds. The second kappa shape index (κ2) is 15.8. The van der Waals surface area contributed by atoms with Crippen molar-refractivity contribution in [2.24, 2.45) is 17.8 Å². The molecule has 0 fully saturated rings. The van der Waals surface area contributed by atoms with Crippen LogP contribution in [-0.2, 0) is 6.42 Å². The summed E-state index contributed by atoms with van der Waals surface area (Å²) in [6, 6.07) is 0. The van der Waals surface area contributed by atoms with Crippen LogP contribution in [0.1, 0.15) is 134 Å². The second-order valence-electron chi connectivity index (χ2n) is 12.2. The van der Waals surface area contributed by atoms with Gasteiger partial charge < -0.3 is 14.9 Å². The first-order chi connectivity index (χ1) is 16.5. The van der Waals surface area contributed by atoms with Crippen molar-refractivity contribution in [1.29, 1.82) is 0 Å². The van der Waals surface area contributed by atoms with Crippen LogP contribution < -0.4 is 4.74 Å². The Balaban J connectivity index is 0.00000142. The minimum absolute atomic E-state index is 0.0712. The molecule has 0 aromatic heterocycles. The third-order valence-corrected chi connectivity index (χ3v) is 8.09. The highest BCUT2D eigenvalue weighted by molar-refractivity contribution is 5.58. The van der Waals surface area contributed by atoms with Gasteiger partial charge in [0.2, 0.25) is 0 Å². The molecule has 0 saturated carbocycles. The van der Waals surface area contributed by atoms with E-state index in [0.717, 1.165) is 65.9 Å². The molecule has 204 valence electrons. The van der Waals surface area contributed by atoms with E-state index in [2.05, 4.69) is 41.5 Å². The standard InChI is InChI=1S/C29H50O2.C3H8O/c1-20(2)12-9-13-21(3)14-10-15-22(4)16-11-18-29(8)19-17-26-25(7)27(30)23(5)24(6)28(26)31-29;1-2-3-4/h20-22,30H,9-19H2,1-8H3;4H,2-3H2,1H3/t21-,22-,29-;/m1./s1. The third-order valence-electron chi connectivity index (χ3n) is 8.09. The molecule has 0 unspecified atom stereocenters. The van der Waals surface area contributed by atoms with Crippen molar-refractivity contribution in [3.05, 3.63) is 22.3 Å². The summed E-state index contributed by atoms with van der Waals surface area (Å²) >= 11 is 0. The summed E-state index contributed by atoms with van der Waals surface area (Å²) in [4.78, 5) is 0. The molecule has 0 bridgehead atoms. The summed E-state index contributed by atoms with van der Waals surface area (Å²) in [5.74, 6) is 4.04. The van der Waals surface area contributed by atoms with Crippen LogP contribution in [0.15, 0.2) is 0 Å². The first-order valence-corrected chi connectivity index (χ1v) is 14.6. The van der Waals surface area contributed by atoms with Crippen LogP contribution >= 0.6 is 0 Å². The van der Waals surface area contributed by atoms with Gasteiger partial charge in [-0.2, -0.15) is 0 Å². The summed E-state index contributed by atoms with van der Waals surface area (Å²) in [6.07, 6.45) is 14.9. The van der Waals surface area contributed by atoms with E-state index < -0.39 is 0 Å². The Morgan fingerprint density at radius 3 is 1.86 bits per heavy atom. The Morgan fingerprint density at radius 2 is 1.34 bits per heavy atom. The third kappa shape index (κ3) is 10.7. The number of hydrogen-bond donors (Lipinski definition) is 2. The minimum atomic E-state index is -0.0712. The van der Waals surface area contributed by atoms with Crippen molar-refractivity contribution in [3.8, 4) is 11.5 Å². The van der Waals surface area contributed by atoms with Crippen molar-refractivity contribution in [3.63, 3.8) is 0 Å². The fraction of sp³-hybridized carbons (Fsp3) is 0.812. The van der Waals surface area contributed by atoms with E-state index in [1.807, 2.05) is 20.8 Å². The van der Waals surface area contributed by atoms with Gasteiger partial charge in [-0.1, -0.05) is 79.6 Å². The number of ether oxygens (including phenoxy) is 1. The number of phenols is 1. The summed E-state index contributed by atoms with van der Waals surface area (Å²) in [5, 5.41) is 18.3. The Kier molecular flexibility index (Phi) is 14.4. The topological polar surface area (TPSA) is 49.7 Å². The average molecular weight is 491 g/mol. The molecule has 0 saturated heterocycles. The van der Waals surface area contributed by atoms with Gasteiger partial charge in [0, 0.05) is 12.2 Å². The highest BCUT2D eigenvalue weighted by Gasteiger charge is 2.34. The Bertz CT molecular complexity index is 737. The number of fused-ring (bicyclic) bond motifs is 1. The zero-order chi connectivity index (χ0) is 26.6. The summed E-state index contributed by atoms with van der Waals surface area (Å²) < 4.78 is 6.60. The molecular formula is C32H58O3. The molecule has 2 rings (SSSR count). The van der Waals surface area contributed by atoms with Gasteiger partial charge in [0.1, 0.15) is 17.1 Å². The largest absolute Gasteiger partial charge is 0.507 e. The molecule has 1 heterocycles. The Hall–Kier alpha value is -1.22. The maximum absolute atomic E-state index is 10.4. The molecule has 1 aliphatic rings. The number of aliphatic hydroxyl groups excluding tert-OH is 1. The van der Waals surface area contributed by atoms with Crippen molar-refractivity contribution >= 4 is 0 Å². The predicted molar refractivity (Wildman–Crippen MR) is 152 cm³/mol. The van der Waals surface area contributed by atoms with Crippen LogP contribution in [-0.4, -0.2) is 22.4 Å². The van der Waals surface area contributed by atoms with E-state index in [9.17, 15) is 5.11 Å². The van der Waals surface area contributed by atoms with Crippen LogP contribution in [0.4, 0.5) is 0 Å². The molecule has 1 aromatic carbocycles. The summed E-state index contributed by atoms with van der Waals surface area (Å²) in [5.41, 5.74) is 4.23. The molecule has 2 N–H and O–H groups in total. The first kappa shape index (κ1) is 31.8. The molecule has 35 heavy (non-hydrogen) atoms. The quantitative estimate of drug-likeness (QED) is 0.290. The van der Waals surface area contributed by atoms with Crippen molar-refractivity contribution in [2.45, 2.75) is 145 Å². The van der Waals surface area contributed by atoms with Gasteiger partial charge in [-0.15, -0.1) is 0 Å². The Morgan fingerprint density at radius 1 is 0.829 bits per heavy atom. The molecule has 1 aliphatic heterocycles. The number of aliphatic hydroxyl groups is 1. The van der Waals surface area contributed by atoms with Crippen molar-refractivity contribution < 1.29 is 14.9 Å². The smallest absolute Gasteiger partial charge is 0.127 e. The lowest BCUT2D eigenvalue weighted by molar-refractivity contribution is 0.0512. The SMILES string of the molecule is CCCO.Cc1c(C)c2c(c(C)c1O)CC[C@@](C)(CCC[C@H](C)CCC[C@H](C)CCCC(C)C)O2. The van der Waals surface area contributed by atoms with Crippen molar-refractivity contribution in [1.82, 2.24) is 0 Å². The molecule has 0 spiro atoms. The predicted octanol–water partition coefficient (Wildman–Crippen LogP) is 9.23. The lowest BCUT2D eigenvalue weighted by atomic mass is 9.84. The number of hydrogen-bond acceptors (Lipinski definition) is 3. The van der Waals surface area contributed by atoms with Crippen LogP contribution in [0.3, 0.4) is 0 Å². The van der Waals surface area contributed by atoms with E-state index in [1.165, 1.54) is 56.9 Å². The second-order valence-corrected chi connectivity index (χ2v) is 12.2. The lowest BCUT2D eigenvalue weighted by Gasteiger charge is -2.38. The monoisotopic (exact) mass is 490 g/mol. The van der Waals surface area contributed by atoms with Gasteiger partial charge in [-0.3, -0.25) is 0 Å². The van der Waals surface area contributed by atoms with Crippen LogP contribution in [0.5, 0.6) is 11.5 Å². The van der Waals surface area contributed by atoms with Gasteiger partial charge >= 0.3 is 0 Å². The maximum Gasteiger partial charge on any atom is 0.127 e. The molecule has 3 heteroatoms. The van der Waals surface area contributed by atoms with Gasteiger partial charge in [0.05, 0.1) is 0 Å². The summed E-state index contributed by atoms with van der Waals surface area (Å²) in [7, 11) is 0. The van der Waals surface area contributed by atoms with Gasteiger partial charge in [0.25, 0.3) is 0 Å². The fourth-order valence-electron chi connectivity index (χ4n) is 5.27. The van der Waals surface area contributed by atoms with E-state index in [0.29, 0.717) is 12.4 Å². The van der Waals surface area contributed by atoms with E-state index >= 15 is 0 Å². The van der Waals surface area contributed by atoms with Crippen LogP contribution in [0, 0.1) is 38.5 Å². The Labute approximate surface area is 218 Å². The molecule has 3 nitrogen and oxygen atoms in total. The highest BCUT2D eigenvalue weighted by Crippen LogP contribution is 2.44. The molecule has 0 radical (unpaired) electrons. The normalized spacial score (nSPS) is 18.9. The molecule has 0 aliphatic carbocycles. The highest BCUT2D eigenvalue weighted by atomic mass is 16.5. The van der Waals surface area contributed by atoms with Crippen LogP contribution in [0.2, 0.25) is 0 Å². The zero-order valence-electron chi connectivity index (χ0n) is 24.7. The zero-order valence-corrected chi connectivity index (χ0v) is 24.7. The molecular weight excluding hydrogens is 432 g/mol. The molecule has 3 atom stereocenters. The van der Waals surface area contributed by atoms with Crippen LogP contribution in [0.25, 0.3) is 0 Å².